The number of ether oxygens (including phenoxy) is 1. The molecule has 1 aromatic carbocycles. The van der Waals surface area contributed by atoms with Crippen molar-refractivity contribution in [3.63, 3.8) is 0 Å². The predicted molar refractivity (Wildman–Crippen MR) is 147 cm³/mol. The van der Waals surface area contributed by atoms with Crippen LogP contribution >= 0.6 is 0 Å². The highest BCUT2D eigenvalue weighted by atomic mass is 19.1. The maximum Gasteiger partial charge on any atom is 0.137 e. The minimum Gasteiger partial charge on any atom is -0.378 e. The minimum atomic E-state index is -0.680. The van der Waals surface area contributed by atoms with Crippen LogP contribution in [-0.4, -0.2) is 41.3 Å². The number of nitrogens with zero attached hydrogens (tertiary/aromatic N) is 4. The van der Waals surface area contributed by atoms with Gasteiger partial charge in [0.25, 0.3) is 0 Å². The Morgan fingerprint density at radius 3 is 2.66 bits per heavy atom. The number of fused-ring (bicyclic) bond motifs is 1. The first-order chi connectivity index (χ1) is 18.6. The number of benzene rings is 1. The molecule has 3 aromatic heterocycles. The van der Waals surface area contributed by atoms with Crippen molar-refractivity contribution in [2.24, 2.45) is 0 Å². The van der Waals surface area contributed by atoms with Crippen LogP contribution in [0.1, 0.15) is 24.0 Å². The largest absolute Gasteiger partial charge is 0.378 e. The molecule has 1 N–H and O–H groups in total. The first-order valence-electron chi connectivity index (χ1n) is 12.8. The second-order valence-electron chi connectivity index (χ2n) is 9.41. The molecule has 4 aromatic rings. The van der Waals surface area contributed by atoms with Crippen molar-refractivity contribution < 1.29 is 13.5 Å². The van der Waals surface area contributed by atoms with E-state index in [2.05, 4.69) is 38.4 Å². The molecular weight excluding hydrogens is 484 g/mol. The fourth-order valence-electron chi connectivity index (χ4n) is 5.01. The Hall–Kier alpha value is -4.17. The van der Waals surface area contributed by atoms with Gasteiger partial charge in [-0.25, -0.2) is 18.7 Å². The Balaban J connectivity index is 1.55. The standard InChI is InChI=1S/C30H27F2N5O/c1-19-29(24-9-5-6-10-33-24)36-26-16-21(31)15-23(32)28(26)30(19)35-25-17-27(37-11-13-38-14-12-37)34-18-22(25)20-7-3-2-4-8-20/h3,5-10,15-18H,2,4,11-14H2,1H3,(H,34,35,36). The summed E-state index contributed by atoms with van der Waals surface area (Å²) in [5.41, 5.74) is 5.38. The third-order valence-corrected chi connectivity index (χ3v) is 6.94. The summed E-state index contributed by atoms with van der Waals surface area (Å²) >= 11 is 0. The van der Waals surface area contributed by atoms with Gasteiger partial charge in [-0.05, 0) is 37.5 Å². The molecular formula is C30H27F2N5O. The zero-order valence-electron chi connectivity index (χ0n) is 21.0. The second kappa shape index (κ2) is 10.3. The Bertz CT molecular complexity index is 1560. The van der Waals surface area contributed by atoms with Crippen LogP contribution < -0.4 is 10.2 Å². The number of allylic oxidation sites excluding steroid dienone is 4. The molecule has 0 unspecified atom stereocenters. The highest BCUT2D eigenvalue weighted by molar-refractivity contribution is 5.99. The number of rotatable bonds is 5. The van der Waals surface area contributed by atoms with Gasteiger partial charge in [-0.15, -0.1) is 0 Å². The topological polar surface area (TPSA) is 63.2 Å². The number of pyridine rings is 3. The first-order valence-corrected chi connectivity index (χ1v) is 12.8. The summed E-state index contributed by atoms with van der Waals surface area (Å²) < 4.78 is 35.2. The molecule has 0 saturated carbocycles. The zero-order chi connectivity index (χ0) is 26.1. The van der Waals surface area contributed by atoms with Gasteiger partial charge >= 0.3 is 0 Å². The Labute approximate surface area is 219 Å². The van der Waals surface area contributed by atoms with E-state index in [-0.39, 0.29) is 10.9 Å². The predicted octanol–water partition coefficient (Wildman–Crippen LogP) is 6.59. The van der Waals surface area contributed by atoms with Crippen molar-refractivity contribution in [3.8, 4) is 11.4 Å². The maximum atomic E-state index is 15.4. The molecule has 1 fully saturated rings. The molecule has 6 rings (SSSR count). The highest BCUT2D eigenvalue weighted by Crippen LogP contribution is 2.39. The monoisotopic (exact) mass is 511 g/mol. The van der Waals surface area contributed by atoms with E-state index >= 15 is 4.39 Å². The molecule has 0 bridgehead atoms. The van der Waals surface area contributed by atoms with Crippen molar-refractivity contribution in [2.75, 3.05) is 36.5 Å². The van der Waals surface area contributed by atoms with Crippen molar-refractivity contribution in [1.29, 1.82) is 0 Å². The number of anilines is 3. The van der Waals surface area contributed by atoms with Gasteiger partial charge in [-0.2, -0.15) is 0 Å². The Morgan fingerprint density at radius 1 is 1.03 bits per heavy atom. The van der Waals surface area contributed by atoms with E-state index in [1.54, 1.807) is 6.20 Å². The average Bonchev–Trinajstić information content (AvgIpc) is 2.95. The number of morpholine rings is 1. The van der Waals surface area contributed by atoms with Crippen LogP contribution in [0, 0.1) is 18.6 Å². The lowest BCUT2D eigenvalue weighted by Gasteiger charge is -2.29. The number of hydrogen-bond donors (Lipinski definition) is 1. The van der Waals surface area contributed by atoms with Crippen molar-refractivity contribution in [3.05, 3.63) is 89.8 Å². The molecule has 1 aliphatic heterocycles. The fraction of sp³-hybridized carbons (Fsp3) is 0.233. The van der Waals surface area contributed by atoms with Gasteiger partial charge in [0.2, 0.25) is 0 Å². The minimum absolute atomic E-state index is 0.219. The van der Waals surface area contributed by atoms with E-state index in [0.29, 0.717) is 35.9 Å². The molecule has 0 spiro atoms. The number of hydrogen-bond acceptors (Lipinski definition) is 6. The molecule has 0 amide bonds. The van der Waals surface area contributed by atoms with Gasteiger partial charge in [0, 0.05) is 54.8 Å². The molecule has 8 heteroatoms. The molecule has 192 valence electrons. The van der Waals surface area contributed by atoms with Crippen LogP contribution in [0.5, 0.6) is 0 Å². The maximum absolute atomic E-state index is 15.4. The number of aromatic nitrogens is 3. The number of halogens is 2. The van der Waals surface area contributed by atoms with Crippen molar-refractivity contribution in [1.82, 2.24) is 15.0 Å². The van der Waals surface area contributed by atoms with Crippen molar-refractivity contribution in [2.45, 2.75) is 19.8 Å². The zero-order valence-corrected chi connectivity index (χ0v) is 21.0. The molecule has 2 aliphatic rings. The SMILES string of the molecule is Cc1c(-c2ccccn2)nc2cc(F)cc(F)c2c1Nc1cc(N2CCOCC2)ncc1C1=CCCC=C1. The summed E-state index contributed by atoms with van der Waals surface area (Å²) in [7, 11) is 0. The number of nitrogens with one attached hydrogen (secondary N) is 1. The molecule has 6 nitrogen and oxygen atoms in total. The average molecular weight is 512 g/mol. The lowest BCUT2D eigenvalue weighted by atomic mass is 9.98. The van der Waals surface area contributed by atoms with Crippen LogP contribution in [0.15, 0.2) is 67.0 Å². The van der Waals surface area contributed by atoms with Gasteiger partial charge in [0.05, 0.1) is 46.9 Å². The lowest BCUT2D eigenvalue weighted by molar-refractivity contribution is 0.122. The summed E-state index contributed by atoms with van der Waals surface area (Å²) in [6, 6.07) is 9.68. The smallest absolute Gasteiger partial charge is 0.137 e. The normalized spacial score (nSPS) is 15.6. The molecule has 4 heterocycles. The quantitative estimate of drug-likeness (QED) is 0.326. The first kappa shape index (κ1) is 24.2. The Kier molecular flexibility index (Phi) is 6.55. The van der Waals surface area contributed by atoms with E-state index in [1.165, 1.54) is 6.07 Å². The molecule has 0 radical (unpaired) electrons. The van der Waals surface area contributed by atoms with E-state index < -0.39 is 11.6 Å². The fourth-order valence-corrected chi connectivity index (χ4v) is 5.01. The summed E-state index contributed by atoms with van der Waals surface area (Å²) in [4.78, 5) is 16.0. The van der Waals surface area contributed by atoms with Crippen LogP contribution in [0.25, 0.3) is 27.9 Å². The second-order valence-corrected chi connectivity index (χ2v) is 9.41. The summed E-state index contributed by atoms with van der Waals surface area (Å²) in [6.45, 7) is 4.63. The molecule has 1 aliphatic carbocycles. The molecule has 0 atom stereocenters. The van der Waals surface area contributed by atoms with Gasteiger partial charge in [0.1, 0.15) is 17.5 Å². The summed E-state index contributed by atoms with van der Waals surface area (Å²) in [5.74, 6) is -0.542. The molecule has 38 heavy (non-hydrogen) atoms. The lowest BCUT2D eigenvalue weighted by Crippen LogP contribution is -2.36. The van der Waals surface area contributed by atoms with Crippen LogP contribution in [0.4, 0.5) is 26.0 Å². The Morgan fingerprint density at radius 2 is 1.89 bits per heavy atom. The van der Waals surface area contributed by atoms with Crippen LogP contribution in [0.2, 0.25) is 0 Å². The van der Waals surface area contributed by atoms with Gasteiger partial charge in [-0.1, -0.05) is 24.3 Å². The van der Waals surface area contributed by atoms with Crippen molar-refractivity contribution >= 4 is 33.7 Å². The van der Waals surface area contributed by atoms with Crippen LogP contribution in [-0.2, 0) is 4.74 Å². The van der Waals surface area contributed by atoms with E-state index in [0.717, 1.165) is 54.6 Å². The third-order valence-electron chi connectivity index (χ3n) is 6.94. The summed E-state index contributed by atoms with van der Waals surface area (Å²) in [5, 5.41) is 3.76. The molecule has 1 saturated heterocycles. The highest BCUT2D eigenvalue weighted by Gasteiger charge is 2.21. The van der Waals surface area contributed by atoms with E-state index in [9.17, 15) is 4.39 Å². The summed E-state index contributed by atoms with van der Waals surface area (Å²) in [6.07, 6.45) is 11.9. The third kappa shape index (κ3) is 4.63. The van der Waals surface area contributed by atoms with Crippen LogP contribution in [0.3, 0.4) is 0 Å². The van der Waals surface area contributed by atoms with Gasteiger partial charge < -0.3 is 15.0 Å². The van der Waals surface area contributed by atoms with Gasteiger partial charge in [0.15, 0.2) is 0 Å². The van der Waals surface area contributed by atoms with E-state index in [4.69, 9.17) is 9.72 Å². The van der Waals surface area contributed by atoms with Gasteiger partial charge in [-0.3, -0.25) is 4.98 Å². The van der Waals surface area contributed by atoms with E-state index in [1.807, 2.05) is 37.4 Å².